The molecule has 0 radical (unpaired) electrons. The molecular formula is C28H42O4. The second-order valence-corrected chi connectivity index (χ2v) is 12.1. The summed E-state index contributed by atoms with van der Waals surface area (Å²) in [4.78, 5) is 24.5. The van der Waals surface area contributed by atoms with Gasteiger partial charge in [-0.25, -0.2) is 0 Å². The standard InChI is InChI=1S/C28H42O4/c1-16(2)17(3)14-24(30)25(26(31)32)23-9-8-21-20-7-6-18-15-19(29)10-12-27(18,4)22(20)11-13-28(21,23)5/h15-16,20-25,30H,3,6-14H2,1-2,4-5H3,(H,31,32)/t20-,21-,22-,23+,24?,25-,27-,28-/m0/s1. The van der Waals surface area contributed by atoms with Gasteiger partial charge in [-0.05, 0) is 97.9 Å². The fraction of sp³-hybridized carbons (Fsp3) is 0.786. The lowest BCUT2D eigenvalue weighted by Crippen LogP contribution is -2.52. The predicted octanol–water partition coefficient (Wildman–Crippen LogP) is 5.80. The van der Waals surface area contributed by atoms with Crippen molar-refractivity contribution in [3.63, 3.8) is 0 Å². The van der Waals surface area contributed by atoms with E-state index in [0.29, 0.717) is 36.4 Å². The summed E-state index contributed by atoms with van der Waals surface area (Å²) in [5.41, 5.74) is 2.40. The number of hydrogen-bond donors (Lipinski definition) is 2. The van der Waals surface area contributed by atoms with E-state index < -0.39 is 18.0 Å². The molecular weight excluding hydrogens is 400 g/mol. The molecule has 4 heteroatoms. The van der Waals surface area contributed by atoms with Gasteiger partial charge in [0.2, 0.25) is 0 Å². The highest BCUT2D eigenvalue weighted by molar-refractivity contribution is 5.91. The number of carboxylic acid groups (broad SMARTS) is 1. The lowest BCUT2D eigenvalue weighted by atomic mass is 9.46. The molecule has 0 aromatic heterocycles. The van der Waals surface area contributed by atoms with E-state index in [1.807, 2.05) is 19.9 Å². The van der Waals surface area contributed by atoms with E-state index in [1.165, 1.54) is 5.57 Å². The molecule has 32 heavy (non-hydrogen) atoms. The van der Waals surface area contributed by atoms with Gasteiger partial charge < -0.3 is 10.2 Å². The van der Waals surface area contributed by atoms with Crippen molar-refractivity contribution < 1.29 is 19.8 Å². The zero-order valence-corrected chi connectivity index (χ0v) is 20.4. The van der Waals surface area contributed by atoms with Gasteiger partial charge >= 0.3 is 5.97 Å². The molecule has 0 heterocycles. The highest BCUT2D eigenvalue weighted by atomic mass is 16.4. The molecule has 4 nitrogen and oxygen atoms in total. The summed E-state index contributed by atoms with van der Waals surface area (Å²) in [6, 6.07) is 0. The largest absolute Gasteiger partial charge is 0.481 e. The summed E-state index contributed by atoms with van der Waals surface area (Å²) in [6.45, 7) is 12.9. The number of ketones is 1. The average Bonchev–Trinajstić information content (AvgIpc) is 3.05. The Labute approximate surface area is 193 Å². The molecule has 0 bridgehead atoms. The second-order valence-electron chi connectivity index (χ2n) is 12.1. The maximum Gasteiger partial charge on any atom is 0.309 e. The van der Waals surface area contributed by atoms with Crippen molar-refractivity contribution in [2.45, 2.75) is 91.6 Å². The fourth-order valence-corrected chi connectivity index (χ4v) is 8.43. The van der Waals surface area contributed by atoms with Gasteiger partial charge in [-0.3, -0.25) is 9.59 Å². The lowest BCUT2D eigenvalue weighted by Gasteiger charge is -2.58. The maximum absolute atomic E-state index is 12.4. The minimum Gasteiger partial charge on any atom is -0.481 e. The molecule has 0 aliphatic heterocycles. The number of carboxylic acids is 1. The van der Waals surface area contributed by atoms with Gasteiger partial charge in [0.25, 0.3) is 0 Å². The van der Waals surface area contributed by atoms with Crippen molar-refractivity contribution in [1.29, 1.82) is 0 Å². The average molecular weight is 443 g/mol. The molecule has 3 fully saturated rings. The van der Waals surface area contributed by atoms with Crippen molar-refractivity contribution in [3.05, 3.63) is 23.8 Å². The molecule has 4 aliphatic carbocycles. The zero-order chi connectivity index (χ0) is 23.4. The van der Waals surface area contributed by atoms with E-state index in [2.05, 4.69) is 20.4 Å². The molecule has 178 valence electrons. The number of aliphatic carboxylic acids is 1. The van der Waals surface area contributed by atoms with E-state index in [4.69, 9.17) is 0 Å². The molecule has 1 unspecified atom stereocenters. The highest BCUT2D eigenvalue weighted by Crippen LogP contribution is 2.67. The summed E-state index contributed by atoms with van der Waals surface area (Å²) in [6.07, 6.45) is 9.32. The summed E-state index contributed by atoms with van der Waals surface area (Å²) in [5.74, 6) is 0.692. The Kier molecular flexibility index (Phi) is 6.24. The smallest absolute Gasteiger partial charge is 0.309 e. The Morgan fingerprint density at radius 2 is 1.84 bits per heavy atom. The molecule has 0 aromatic carbocycles. The molecule has 4 rings (SSSR count). The summed E-state index contributed by atoms with van der Waals surface area (Å²) < 4.78 is 0. The van der Waals surface area contributed by atoms with Crippen LogP contribution in [-0.4, -0.2) is 28.1 Å². The Bertz CT molecular complexity index is 825. The van der Waals surface area contributed by atoms with Crippen LogP contribution in [0.5, 0.6) is 0 Å². The number of carbonyl (C=O) groups is 2. The normalized spacial score (nSPS) is 40.7. The van der Waals surface area contributed by atoms with E-state index >= 15 is 0 Å². The van der Waals surface area contributed by atoms with Crippen molar-refractivity contribution in [1.82, 2.24) is 0 Å². The zero-order valence-electron chi connectivity index (χ0n) is 20.4. The Balaban J connectivity index is 1.58. The van der Waals surface area contributed by atoms with E-state index in [1.54, 1.807) is 0 Å². The van der Waals surface area contributed by atoms with Crippen LogP contribution in [0.4, 0.5) is 0 Å². The third-order valence-electron chi connectivity index (χ3n) is 10.5. The Morgan fingerprint density at radius 3 is 2.50 bits per heavy atom. The third kappa shape index (κ3) is 3.71. The number of allylic oxidation sites excluding steroid dienone is 1. The number of carbonyl (C=O) groups excluding carboxylic acids is 1. The van der Waals surface area contributed by atoms with Crippen LogP contribution < -0.4 is 0 Å². The third-order valence-corrected chi connectivity index (χ3v) is 10.5. The number of aliphatic hydroxyl groups is 1. The van der Waals surface area contributed by atoms with Crippen LogP contribution in [0.2, 0.25) is 0 Å². The molecule has 0 saturated heterocycles. The van der Waals surface area contributed by atoms with Crippen molar-refractivity contribution in [3.8, 4) is 0 Å². The van der Waals surface area contributed by atoms with Gasteiger partial charge in [-0.1, -0.05) is 45.4 Å². The van der Waals surface area contributed by atoms with Crippen molar-refractivity contribution in [2.24, 2.45) is 46.3 Å². The monoisotopic (exact) mass is 442 g/mol. The van der Waals surface area contributed by atoms with Crippen LogP contribution in [0.25, 0.3) is 0 Å². The first kappa shape index (κ1) is 23.7. The molecule has 0 amide bonds. The number of hydrogen-bond acceptors (Lipinski definition) is 3. The Hall–Kier alpha value is -1.42. The number of rotatable bonds is 6. The molecule has 0 aromatic rings. The maximum atomic E-state index is 12.4. The van der Waals surface area contributed by atoms with Crippen molar-refractivity contribution in [2.75, 3.05) is 0 Å². The first-order valence-corrected chi connectivity index (χ1v) is 12.8. The minimum atomic E-state index is -0.872. The second kappa shape index (κ2) is 8.42. The molecule has 4 aliphatic rings. The summed E-state index contributed by atoms with van der Waals surface area (Å²) >= 11 is 0. The van der Waals surface area contributed by atoms with Crippen LogP contribution in [0.3, 0.4) is 0 Å². The fourth-order valence-electron chi connectivity index (χ4n) is 8.43. The number of aliphatic hydroxyl groups excluding tert-OH is 1. The van der Waals surface area contributed by atoms with Crippen LogP contribution in [-0.2, 0) is 9.59 Å². The Morgan fingerprint density at radius 1 is 1.12 bits per heavy atom. The van der Waals surface area contributed by atoms with Crippen LogP contribution >= 0.6 is 0 Å². The SMILES string of the molecule is C=C(CC(O)[C@@H](C(=O)O)[C@H]1CC[C@H]2[C@@H]3CCC4=CC(=O)CC[C@]4(C)[C@H]3CC[C@]12C)C(C)C. The molecule has 3 saturated carbocycles. The van der Waals surface area contributed by atoms with E-state index in [0.717, 1.165) is 50.5 Å². The van der Waals surface area contributed by atoms with E-state index in [9.17, 15) is 19.8 Å². The van der Waals surface area contributed by atoms with Crippen molar-refractivity contribution >= 4 is 11.8 Å². The van der Waals surface area contributed by atoms with Gasteiger partial charge in [0, 0.05) is 6.42 Å². The summed E-state index contributed by atoms with van der Waals surface area (Å²) in [7, 11) is 0. The lowest BCUT2D eigenvalue weighted by molar-refractivity contribution is -0.153. The topological polar surface area (TPSA) is 74.6 Å². The van der Waals surface area contributed by atoms with Gasteiger partial charge in [0.1, 0.15) is 0 Å². The minimum absolute atomic E-state index is 0.0126. The first-order chi connectivity index (χ1) is 15.0. The van der Waals surface area contributed by atoms with Crippen LogP contribution in [0, 0.1) is 46.3 Å². The number of fused-ring (bicyclic) bond motifs is 5. The van der Waals surface area contributed by atoms with Gasteiger partial charge in [-0.2, -0.15) is 0 Å². The molecule has 8 atom stereocenters. The van der Waals surface area contributed by atoms with Gasteiger partial charge in [0.05, 0.1) is 12.0 Å². The van der Waals surface area contributed by atoms with Gasteiger partial charge in [0.15, 0.2) is 5.78 Å². The highest BCUT2D eigenvalue weighted by Gasteiger charge is 2.61. The first-order valence-electron chi connectivity index (χ1n) is 12.8. The summed E-state index contributed by atoms with van der Waals surface area (Å²) in [5, 5.41) is 21.2. The van der Waals surface area contributed by atoms with Gasteiger partial charge in [-0.15, -0.1) is 0 Å². The predicted molar refractivity (Wildman–Crippen MR) is 126 cm³/mol. The van der Waals surface area contributed by atoms with Crippen LogP contribution in [0.1, 0.15) is 85.5 Å². The van der Waals surface area contributed by atoms with E-state index in [-0.39, 0.29) is 22.7 Å². The molecule has 2 N–H and O–H groups in total. The molecule has 0 spiro atoms. The quantitative estimate of drug-likeness (QED) is 0.510. The van der Waals surface area contributed by atoms with Crippen LogP contribution in [0.15, 0.2) is 23.8 Å².